The molecular formula is C13H23N3O3. The van der Waals surface area contributed by atoms with Gasteiger partial charge in [-0.2, -0.15) is 0 Å². The minimum Gasteiger partial charge on any atom is -0.336 e. The van der Waals surface area contributed by atoms with Gasteiger partial charge in [-0.1, -0.05) is 0 Å². The van der Waals surface area contributed by atoms with Crippen molar-refractivity contribution in [3.63, 3.8) is 0 Å². The van der Waals surface area contributed by atoms with Crippen LogP contribution < -0.4 is 5.32 Å². The summed E-state index contributed by atoms with van der Waals surface area (Å²) >= 11 is 0. The summed E-state index contributed by atoms with van der Waals surface area (Å²) in [5.74, 6) is -0.579. The van der Waals surface area contributed by atoms with Crippen molar-refractivity contribution < 1.29 is 14.4 Å². The maximum Gasteiger partial charge on any atom is 0.325 e. The van der Waals surface area contributed by atoms with Crippen LogP contribution in [0.15, 0.2) is 0 Å². The van der Waals surface area contributed by atoms with Crippen LogP contribution in [0.2, 0.25) is 0 Å². The number of carbonyl (C=O) groups is 3. The van der Waals surface area contributed by atoms with Gasteiger partial charge >= 0.3 is 6.03 Å². The number of nitrogens with one attached hydrogen (secondary N) is 1. The molecule has 0 aromatic heterocycles. The van der Waals surface area contributed by atoms with Gasteiger partial charge in [-0.15, -0.1) is 0 Å². The van der Waals surface area contributed by atoms with Gasteiger partial charge in [0.15, 0.2) is 0 Å². The highest BCUT2D eigenvalue weighted by Crippen LogP contribution is 2.17. The Morgan fingerprint density at radius 1 is 1.21 bits per heavy atom. The zero-order valence-electron chi connectivity index (χ0n) is 12.5. The Kier molecular flexibility index (Phi) is 4.22. The lowest BCUT2D eigenvalue weighted by Crippen LogP contribution is -2.49. The molecule has 1 rings (SSSR count). The Morgan fingerprint density at radius 2 is 1.68 bits per heavy atom. The van der Waals surface area contributed by atoms with Gasteiger partial charge in [0.25, 0.3) is 5.91 Å². The highest BCUT2D eigenvalue weighted by atomic mass is 16.2. The van der Waals surface area contributed by atoms with E-state index in [0.29, 0.717) is 0 Å². The fraction of sp³-hybridized carbons (Fsp3) is 0.769. The minimum absolute atomic E-state index is 0.0290. The summed E-state index contributed by atoms with van der Waals surface area (Å²) < 4.78 is 0. The van der Waals surface area contributed by atoms with Crippen LogP contribution in [-0.2, 0) is 9.59 Å². The zero-order chi connectivity index (χ0) is 15.0. The number of nitrogens with zero attached hydrogens (tertiary/aromatic N) is 2. The van der Waals surface area contributed by atoms with E-state index in [0.717, 1.165) is 4.90 Å². The second kappa shape index (κ2) is 5.19. The largest absolute Gasteiger partial charge is 0.336 e. The third-order valence-corrected chi connectivity index (χ3v) is 3.14. The molecule has 1 aliphatic rings. The van der Waals surface area contributed by atoms with E-state index in [1.807, 2.05) is 27.7 Å². The molecule has 1 aliphatic heterocycles. The molecule has 0 atom stereocenters. The average molecular weight is 269 g/mol. The Morgan fingerprint density at radius 3 is 2.00 bits per heavy atom. The molecule has 0 bridgehead atoms. The molecule has 1 heterocycles. The quantitative estimate of drug-likeness (QED) is 0.773. The summed E-state index contributed by atoms with van der Waals surface area (Å²) in [5.41, 5.74) is -0.933. The molecule has 1 saturated heterocycles. The molecule has 0 radical (unpaired) electrons. The smallest absolute Gasteiger partial charge is 0.325 e. The zero-order valence-corrected chi connectivity index (χ0v) is 12.5. The van der Waals surface area contributed by atoms with Crippen molar-refractivity contribution in [2.45, 2.75) is 59.2 Å². The second-order valence-corrected chi connectivity index (χ2v) is 5.93. The SMILES string of the molecule is CC(C)N(C(=O)CN1C(=O)NC(C)(C)C1=O)C(C)C. The molecule has 0 spiro atoms. The molecule has 6 nitrogen and oxygen atoms in total. The summed E-state index contributed by atoms with van der Waals surface area (Å²) in [7, 11) is 0. The Labute approximate surface area is 114 Å². The molecule has 0 saturated carbocycles. The van der Waals surface area contributed by atoms with E-state index in [9.17, 15) is 14.4 Å². The van der Waals surface area contributed by atoms with E-state index in [1.165, 1.54) is 0 Å². The lowest BCUT2D eigenvalue weighted by molar-refractivity contribution is -0.140. The fourth-order valence-corrected chi connectivity index (χ4v) is 2.35. The summed E-state index contributed by atoms with van der Waals surface area (Å²) in [4.78, 5) is 38.6. The molecule has 1 fully saturated rings. The number of amides is 4. The Bertz CT molecular complexity index is 394. The van der Waals surface area contributed by atoms with Gasteiger partial charge in [-0.25, -0.2) is 4.79 Å². The highest BCUT2D eigenvalue weighted by Gasteiger charge is 2.45. The fourth-order valence-electron chi connectivity index (χ4n) is 2.35. The first kappa shape index (κ1) is 15.5. The normalized spacial score (nSPS) is 18.2. The van der Waals surface area contributed by atoms with Crippen molar-refractivity contribution in [2.24, 2.45) is 0 Å². The van der Waals surface area contributed by atoms with E-state index in [2.05, 4.69) is 5.32 Å². The maximum atomic E-state index is 12.2. The molecule has 108 valence electrons. The molecule has 0 aliphatic carbocycles. The first-order valence-electron chi connectivity index (χ1n) is 6.53. The Hall–Kier alpha value is -1.59. The number of imide groups is 1. The van der Waals surface area contributed by atoms with Crippen molar-refractivity contribution in [2.75, 3.05) is 6.54 Å². The van der Waals surface area contributed by atoms with Crippen molar-refractivity contribution in [1.29, 1.82) is 0 Å². The predicted octanol–water partition coefficient (Wildman–Crippen LogP) is 0.962. The summed E-state index contributed by atoms with van der Waals surface area (Å²) in [6.45, 7) is 10.7. The van der Waals surface area contributed by atoms with E-state index in [1.54, 1.807) is 18.7 Å². The lowest BCUT2D eigenvalue weighted by Gasteiger charge is -2.31. The van der Waals surface area contributed by atoms with E-state index >= 15 is 0 Å². The summed E-state index contributed by atoms with van der Waals surface area (Å²) in [6.07, 6.45) is 0. The van der Waals surface area contributed by atoms with Crippen LogP contribution in [0.3, 0.4) is 0 Å². The third-order valence-electron chi connectivity index (χ3n) is 3.14. The first-order chi connectivity index (χ1) is 8.58. The standard InChI is InChI=1S/C13H23N3O3/c1-8(2)16(9(3)4)10(17)7-15-11(18)13(5,6)14-12(15)19/h8-9H,7H2,1-6H3,(H,14,19). The second-order valence-electron chi connectivity index (χ2n) is 5.93. The number of carbonyl (C=O) groups excluding carboxylic acids is 3. The van der Waals surface area contributed by atoms with Crippen molar-refractivity contribution >= 4 is 17.8 Å². The van der Waals surface area contributed by atoms with Gasteiger partial charge in [0.1, 0.15) is 12.1 Å². The minimum atomic E-state index is -0.933. The molecule has 0 unspecified atom stereocenters. The predicted molar refractivity (Wildman–Crippen MR) is 71.4 cm³/mol. The highest BCUT2D eigenvalue weighted by molar-refractivity contribution is 6.08. The number of hydrogen-bond donors (Lipinski definition) is 1. The third kappa shape index (κ3) is 3.05. The van der Waals surface area contributed by atoms with Gasteiger partial charge in [-0.3, -0.25) is 14.5 Å². The molecule has 0 aromatic rings. The van der Waals surface area contributed by atoms with Crippen LogP contribution in [0.25, 0.3) is 0 Å². The number of hydrogen-bond acceptors (Lipinski definition) is 3. The van der Waals surface area contributed by atoms with Gasteiger partial charge in [0.05, 0.1) is 0 Å². The van der Waals surface area contributed by atoms with Crippen LogP contribution in [0.5, 0.6) is 0 Å². The molecule has 1 N–H and O–H groups in total. The lowest BCUT2D eigenvalue weighted by atomic mass is 10.1. The van der Waals surface area contributed by atoms with Gasteiger partial charge in [0, 0.05) is 12.1 Å². The summed E-state index contributed by atoms with van der Waals surface area (Å²) in [5, 5.41) is 2.56. The van der Waals surface area contributed by atoms with Crippen LogP contribution in [-0.4, -0.2) is 51.8 Å². The van der Waals surface area contributed by atoms with Crippen LogP contribution in [0, 0.1) is 0 Å². The van der Waals surface area contributed by atoms with Crippen molar-refractivity contribution in [3.05, 3.63) is 0 Å². The van der Waals surface area contributed by atoms with E-state index in [-0.39, 0.29) is 30.4 Å². The molecule has 4 amide bonds. The van der Waals surface area contributed by atoms with E-state index < -0.39 is 11.6 Å². The topological polar surface area (TPSA) is 69.7 Å². The van der Waals surface area contributed by atoms with Gasteiger partial charge < -0.3 is 10.2 Å². The van der Waals surface area contributed by atoms with Crippen LogP contribution in [0.1, 0.15) is 41.5 Å². The molecule has 19 heavy (non-hydrogen) atoms. The number of rotatable bonds is 4. The molecule has 0 aromatic carbocycles. The monoisotopic (exact) mass is 269 g/mol. The van der Waals surface area contributed by atoms with Gasteiger partial charge in [-0.05, 0) is 41.5 Å². The average Bonchev–Trinajstić information content (AvgIpc) is 2.39. The van der Waals surface area contributed by atoms with Crippen molar-refractivity contribution in [3.8, 4) is 0 Å². The summed E-state index contributed by atoms with van der Waals surface area (Å²) in [6, 6.07) is -0.446. The van der Waals surface area contributed by atoms with Crippen LogP contribution in [0.4, 0.5) is 4.79 Å². The molecular weight excluding hydrogens is 246 g/mol. The number of urea groups is 1. The van der Waals surface area contributed by atoms with Crippen molar-refractivity contribution in [1.82, 2.24) is 15.1 Å². The Balaban J connectivity index is 2.83. The maximum absolute atomic E-state index is 12.2. The van der Waals surface area contributed by atoms with Gasteiger partial charge in [0.2, 0.25) is 5.91 Å². The van der Waals surface area contributed by atoms with E-state index in [4.69, 9.17) is 0 Å². The van der Waals surface area contributed by atoms with Crippen LogP contribution >= 0.6 is 0 Å². The first-order valence-corrected chi connectivity index (χ1v) is 6.53. The molecule has 6 heteroatoms.